The molecule has 1 aromatic carbocycles. The topological polar surface area (TPSA) is 29.3 Å². The summed E-state index contributed by atoms with van der Waals surface area (Å²) in [7, 11) is 4.09. The lowest BCUT2D eigenvalue weighted by Gasteiger charge is -2.20. The molecule has 0 aliphatic carbocycles. The van der Waals surface area contributed by atoms with E-state index >= 15 is 0 Å². The third-order valence-corrected chi connectivity index (χ3v) is 3.05. The van der Waals surface area contributed by atoms with Gasteiger partial charge in [-0.15, -0.1) is 0 Å². The minimum Gasteiger partial charge on any atom is -0.378 e. The van der Waals surface area contributed by atoms with Crippen LogP contribution in [0.2, 0.25) is 0 Å². The Morgan fingerprint density at radius 2 is 1.73 bits per heavy atom. The minimum atomic E-state index is 0.159. The molecule has 2 N–H and O–H groups in total. The van der Waals surface area contributed by atoms with Crippen LogP contribution in [0.1, 0.15) is 31.9 Å². The molecule has 2 atom stereocenters. The summed E-state index contributed by atoms with van der Waals surface area (Å²) in [5, 5.41) is 0. The normalized spacial score (nSPS) is 14.7. The maximum absolute atomic E-state index is 6.16. The number of nitrogens with zero attached hydrogens (tertiary/aromatic N) is 1. The maximum Gasteiger partial charge on any atom is 0.0361 e. The van der Waals surface area contributed by atoms with Crippen molar-refractivity contribution in [3.8, 4) is 0 Å². The highest BCUT2D eigenvalue weighted by Crippen LogP contribution is 2.23. The first-order valence-electron chi connectivity index (χ1n) is 5.59. The molecule has 0 aromatic heterocycles. The van der Waals surface area contributed by atoms with Gasteiger partial charge in [-0.3, -0.25) is 0 Å². The molecule has 1 rings (SSSR count). The van der Waals surface area contributed by atoms with Gasteiger partial charge in [0.1, 0.15) is 0 Å². The molecule has 0 saturated heterocycles. The van der Waals surface area contributed by atoms with Crippen LogP contribution in [0.3, 0.4) is 0 Å². The van der Waals surface area contributed by atoms with Crippen molar-refractivity contribution >= 4 is 5.69 Å². The minimum absolute atomic E-state index is 0.159. The van der Waals surface area contributed by atoms with Crippen molar-refractivity contribution in [2.75, 3.05) is 19.0 Å². The quantitative estimate of drug-likeness (QED) is 0.820. The highest BCUT2D eigenvalue weighted by atomic mass is 15.1. The fraction of sp³-hybridized carbons (Fsp3) is 0.538. The van der Waals surface area contributed by atoms with Crippen molar-refractivity contribution in [3.63, 3.8) is 0 Å². The molecule has 0 heterocycles. The van der Waals surface area contributed by atoms with Crippen LogP contribution < -0.4 is 10.6 Å². The summed E-state index contributed by atoms with van der Waals surface area (Å²) in [5.41, 5.74) is 8.61. The molecule has 0 radical (unpaired) electrons. The van der Waals surface area contributed by atoms with Crippen LogP contribution in [-0.2, 0) is 0 Å². The van der Waals surface area contributed by atoms with Gasteiger partial charge in [-0.1, -0.05) is 32.4 Å². The monoisotopic (exact) mass is 206 g/mol. The van der Waals surface area contributed by atoms with Crippen molar-refractivity contribution < 1.29 is 0 Å². The van der Waals surface area contributed by atoms with Crippen molar-refractivity contribution in [3.05, 3.63) is 29.8 Å². The second-order valence-corrected chi connectivity index (χ2v) is 4.40. The molecule has 0 amide bonds. The van der Waals surface area contributed by atoms with Crippen LogP contribution in [0.25, 0.3) is 0 Å². The molecule has 0 spiro atoms. The molecule has 2 unspecified atom stereocenters. The number of hydrogen-bond acceptors (Lipinski definition) is 2. The van der Waals surface area contributed by atoms with Gasteiger partial charge < -0.3 is 10.6 Å². The first-order valence-corrected chi connectivity index (χ1v) is 5.59. The Bertz CT molecular complexity index is 290. The molecular weight excluding hydrogens is 184 g/mol. The second kappa shape index (κ2) is 5.17. The van der Waals surface area contributed by atoms with Crippen molar-refractivity contribution in [1.82, 2.24) is 0 Å². The van der Waals surface area contributed by atoms with Crippen LogP contribution in [0, 0.1) is 5.92 Å². The van der Waals surface area contributed by atoms with E-state index in [4.69, 9.17) is 5.73 Å². The van der Waals surface area contributed by atoms with Gasteiger partial charge in [0.15, 0.2) is 0 Å². The van der Waals surface area contributed by atoms with Crippen LogP contribution in [0.15, 0.2) is 24.3 Å². The highest BCUT2D eigenvalue weighted by molar-refractivity contribution is 5.46. The van der Waals surface area contributed by atoms with E-state index in [1.165, 1.54) is 11.3 Å². The average molecular weight is 206 g/mol. The third kappa shape index (κ3) is 2.96. The predicted molar refractivity (Wildman–Crippen MR) is 67.2 cm³/mol. The Kier molecular flexibility index (Phi) is 4.15. The lowest BCUT2D eigenvalue weighted by atomic mass is 9.93. The third-order valence-electron chi connectivity index (χ3n) is 3.05. The Morgan fingerprint density at radius 3 is 2.13 bits per heavy atom. The average Bonchev–Trinajstić information content (AvgIpc) is 2.27. The summed E-state index contributed by atoms with van der Waals surface area (Å²) in [4.78, 5) is 2.10. The zero-order valence-electron chi connectivity index (χ0n) is 10.2. The molecular formula is C13H22N2. The molecule has 2 nitrogen and oxygen atoms in total. The lowest BCUT2D eigenvalue weighted by molar-refractivity contribution is 0.457. The van der Waals surface area contributed by atoms with E-state index in [0.717, 1.165) is 6.42 Å². The predicted octanol–water partition coefficient (Wildman–Crippen LogP) is 2.80. The number of nitrogens with two attached hydrogens (primary N) is 1. The first kappa shape index (κ1) is 12.1. The van der Waals surface area contributed by atoms with Crippen LogP contribution >= 0.6 is 0 Å². The lowest BCUT2D eigenvalue weighted by Crippen LogP contribution is -2.18. The van der Waals surface area contributed by atoms with Gasteiger partial charge in [-0.2, -0.15) is 0 Å². The van der Waals surface area contributed by atoms with Gasteiger partial charge >= 0.3 is 0 Å². The molecule has 15 heavy (non-hydrogen) atoms. The zero-order chi connectivity index (χ0) is 11.4. The van der Waals surface area contributed by atoms with Gasteiger partial charge in [0.25, 0.3) is 0 Å². The van der Waals surface area contributed by atoms with E-state index in [2.05, 4.69) is 43.0 Å². The molecule has 0 aliphatic rings. The van der Waals surface area contributed by atoms with Crippen molar-refractivity contribution in [2.45, 2.75) is 26.3 Å². The standard InChI is InChI=1S/C13H22N2/c1-5-10(2)13(14)11-6-8-12(9-7-11)15(3)4/h6-10,13H,5,14H2,1-4H3. The number of benzene rings is 1. The summed E-state index contributed by atoms with van der Waals surface area (Å²) >= 11 is 0. The smallest absolute Gasteiger partial charge is 0.0361 e. The van der Waals surface area contributed by atoms with Crippen molar-refractivity contribution in [2.24, 2.45) is 11.7 Å². The van der Waals surface area contributed by atoms with E-state index in [1.54, 1.807) is 0 Å². The Hall–Kier alpha value is -1.02. The molecule has 84 valence electrons. The summed E-state index contributed by atoms with van der Waals surface area (Å²) in [5.74, 6) is 0.537. The Morgan fingerprint density at radius 1 is 1.20 bits per heavy atom. The fourth-order valence-electron chi connectivity index (χ4n) is 1.58. The van der Waals surface area contributed by atoms with E-state index in [9.17, 15) is 0 Å². The van der Waals surface area contributed by atoms with E-state index in [1.807, 2.05) is 14.1 Å². The van der Waals surface area contributed by atoms with Gasteiger partial charge in [0.05, 0.1) is 0 Å². The number of hydrogen-bond donors (Lipinski definition) is 1. The summed E-state index contributed by atoms with van der Waals surface area (Å²) in [6.07, 6.45) is 1.12. The molecule has 0 bridgehead atoms. The molecule has 0 saturated carbocycles. The largest absolute Gasteiger partial charge is 0.378 e. The Balaban J connectivity index is 2.79. The van der Waals surface area contributed by atoms with Crippen LogP contribution in [0.4, 0.5) is 5.69 Å². The van der Waals surface area contributed by atoms with E-state index < -0.39 is 0 Å². The first-order chi connectivity index (χ1) is 7.06. The zero-order valence-corrected chi connectivity index (χ0v) is 10.2. The van der Waals surface area contributed by atoms with E-state index in [0.29, 0.717) is 5.92 Å². The second-order valence-electron chi connectivity index (χ2n) is 4.40. The van der Waals surface area contributed by atoms with Gasteiger partial charge in [0, 0.05) is 25.8 Å². The van der Waals surface area contributed by atoms with Crippen LogP contribution in [-0.4, -0.2) is 14.1 Å². The molecule has 0 fully saturated rings. The number of anilines is 1. The molecule has 0 aliphatic heterocycles. The maximum atomic E-state index is 6.16. The summed E-state index contributed by atoms with van der Waals surface area (Å²) < 4.78 is 0. The van der Waals surface area contributed by atoms with Crippen molar-refractivity contribution in [1.29, 1.82) is 0 Å². The molecule has 2 heteroatoms. The van der Waals surface area contributed by atoms with Gasteiger partial charge in [-0.25, -0.2) is 0 Å². The Labute approximate surface area is 93.1 Å². The summed E-state index contributed by atoms with van der Waals surface area (Å²) in [6, 6.07) is 8.67. The van der Waals surface area contributed by atoms with Gasteiger partial charge in [0.2, 0.25) is 0 Å². The van der Waals surface area contributed by atoms with E-state index in [-0.39, 0.29) is 6.04 Å². The fourth-order valence-corrected chi connectivity index (χ4v) is 1.58. The number of rotatable bonds is 4. The highest BCUT2D eigenvalue weighted by Gasteiger charge is 2.12. The molecule has 1 aromatic rings. The summed E-state index contributed by atoms with van der Waals surface area (Å²) in [6.45, 7) is 4.38. The van der Waals surface area contributed by atoms with Crippen LogP contribution in [0.5, 0.6) is 0 Å². The van der Waals surface area contributed by atoms with Gasteiger partial charge in [-0.05, 0) is 23.6 Å². The SMILES string of the molecule is CCC(C)C(N)c1ccc(N(C)C)cc1.